The molecule has 0 amide bonds. The Morgan fingerprint density at radius 3 is 0.714 bits per heavy atom. The number of hydrogen-bond donors (Lipinski definition) is 8. The van der Waals surface area contributed by atoms with Crippen molar-refractivity contribution in [2.45, 2.75) is 234 Å². The fourth-order valence-electron chi connectivity index (χ4n) is 6.83. The first-order valence-corrected chi connectivity index (χ1v) is 28.6. The first-order valence-electron chi connectivity index (χ1n) is 28.6. The predicted octanol–water partition coefficient (Wildman–Crippen LogP) is 8.06. The second kappa shape index (κ2) is 66.4. The molecule has 0 aromatic rings. The van der Waals surface area contributed by atoms with Crippen molar-refractivity contribution in [3.05, 3.63) is 0 Å². The van der Waals surface area contributed by atoms with Crippen molar-refractivity contribution in [3.63, 3.8) is 0 Å². The quantitative estimate of drug-likeness (QED) is 0.0293. The summed E-state index contributed by atoms with van der Waals surface area (Å²) in [5.74, 6) is 0. The van der Waals surface area contributed by atoms with Gasteiger partial charge in [0.2, 0.25) is 0 Å². The number of aliphatic hydroxyl groups excluding tert-OH is 6. The Morgan fingerprint density at radius 1 is 0.314 bits per heavy atom. The third-order valence-corrected chi connectivity index (χ3v) is 11.4. The number of hydrogen-bond acceptors (Lipinski definition) is 15. The zero-order chi connectivity index (χ0) is 53.0. The molecule has 0 heterocycles. The molecule has 0 aliphatic heterocycles. The summed E-state index contributed by atoms with van der Waals surface area (Å²) in [6, 6.07) is 0. The summed E-state index contributed by atoms with van der Waals surface area (Å²) < 4.78 is 30.5. The zero-order valence-corrected chi connectivity index (χ0v) is 47.3. The van der Waals surface area contributed by atoms with Crippen LogP contribution < -0.4 is 10.6 Å². The molecule has 70 heavy (non-hydrogen) atoms. The van der Waals surface area contributed by atoms with Gasteiger partial charge in [-0.25, -0.2) is 0 Å². The molecule has 6 unspecified atom stereocenters. The van der Waals surface area contributed by atoms with Crippen LogP contribution in [0.2, 0.25) is 0 Å². The molecular weight excluding hydrogens is 895 g/mol. The molecule has 0 spiro atoms. The third-order valence-electron chi connectivity index (χ3n) is 11.4. The summed E-state index contributed by atoms with van der Waals surface area (Å²) in [4.78, 5) is 2.13. The summed E-state index contributed by atoms with van der Waals surface area (Å²) in [7, 11) is 0. The van der Waals surface area contributed by atoms with Crippen LogP contribution in [0.15, 0.2) is 0 Å². The highest BCUT2D eigenvalue weighted by Gasteiger charge is 2.13. The van der Waals surface area contributed by atoms with Crippen LogP contribution >= 0.6 is 0 Å². The van der Waals surface area contributed by atoms with E-state index in [1.54, 1.807) is 0 Å². The van der Waals surface area contributed by atoms with E-state index >= 15 is 0 Å². The van der Waals surface area contributed by atoms with Crippen LogP contribution in [0.5, 0.6) is 0 Å². The van der Waals surface area contributed by atoms with Gasteiger partial charge < -0.3 is 69.7 Å². The van der Waals surface area contributed by atoms with Crippen LogP contribution in [0.25, 0.3) is 0 Å². The number of nitrogens with one attached hydrogen (secondary N) is 2. The van der Waals surface area contributed by atoms with E-state index in [4.69, 9.17) is 43.7 Å². The fourth-order valence-corrected chi connectivity index (χ4v) is 6.83. The van der Waals surface area contributed by atoms with Gasteiger partial charge in [0, 0.05) is 85.5 Å². The van der Waals surface area contributed by atoms with Gasteiger partial charge in [-0.3, -0.25) is 4.90 Å². The van der Waals surface area contributed by atoms with Gasteiger partial charge in [0.25, 0.3) is 0 Å². The zero-order valence-electron chi connectivity index (χ0n) is 47.3. The lowest BCUT2D eigenvalue weighted by Gasteiger charge is -2.26. The Labute approximate surface area is 432 Å². The molecule has 3 aliphatic carbocycles. The molecule has 0 radical (unpaired) electrons. The van der Waals surface area contributed by atoms with Crippen LogP contribution in [0.1, 0.15) is 197 Å². The lowest BCUT2D eigenvalue weighted by atomic mass is 10.0. The Kier molecular flexibility index (Phi) is 72.0. The van der Waals surface area contributed by atoms with E-state index in [9.17, 15) is 15.3 Å². The largest absolute Gasteiger partial charge is 0.391 e. The average molecular weight is 1020 g/mol. The van der Waals surface area contributed by atoms with Gasteiger partial charge in [0.15, 0.2) is 0 Å². The highest BCUT2D eigenvalue weighted by Crippen LogP contribution is 2.16. The number of rotatable bonds is 33. The van der Waals surface area contributed by atoms with Crippen molar-refractivity contribution in [1.82, 2.24) is 15.5 Å². The molecule has 0 aromatic carbocycles. The standard InChI is InChI=1S/C19H43N3O6.3C6H14O2.3C6H12/c1-4-26-14-17(23)11-20-7-9-22(13-19(25)16-28-6-3)10-8-21-12-18(24)15-27-5-2;3*1-3-6(7)5-8-4-2;3*1-2-4-6-5-3-1/h17-21,23-25H,4-16H2,1-3H3;3*6-7H,3-5H2,1-2H3;3*1-6H2. The molecule has 3 saturated carbocycles. The van der Waals surface area contributed by atoms with Crippen molar-refractivity contribution in [2.24, 2.45) is 0 Å². The highest BCUT2D eigenvalue weighted by molar-refractivity contribution is 4.69. The van der Waals surface area contributed by atoms with E-state index in [-0.39, 0.29) is 18.3 Å². The molecule has 0 saturated heterocycles. The average Bonchev–Trinajstić information content (AvgIpc) is 3.41. The van der Waals surface area contributed by atoms with Crippen molar-refractivity contribution in [3.8, 4) is 0 Å². The van der Waals surface area contributed by atoms with Crippen molar-refractivity contribution < 1.29 is 59.1 Å². The van der Waals surface area contributed by atoms with E-state index in [0.717, 1.165) is 32.4 Å². The Morgan fingerprint density at radius 2 is 0.514 bits per heavy atom. The molecule has 15 nitrogen and oxygen atoms in total. The van der Waals surface area contributed by atoms with Crippen LogP contribution in [0, 0.1) is 0 Å². The van der Waals surface area contributed by atoms with Gasteiger partial charge in [-0.15, -0.1) is 0 Å². The normalized spacial score (nSPS) is 17.0. The third kappa shape index (κ3) is 69.5. The molecule has 428 valence electrons. The maximum Gasteiger partial charge on any atom is 0.0900 e. The molecule has 0 bridgehead atoms. The lowest BCUT2D eigenvalue weighted by Crippen LogP contribution is -2.44. The molecule has 3 aliphatic rings. The maximum atomic E-state index is 10.1. The lowest BCUT2D eigenvalue weighted by molar-refractivity contribution is 0.0201. The smallest absolute Gasteiger partial charge is 0.0900 e. The molecule has 0 aromatic heterocycles. The SMILES string of the molecule is C1CCCCC1.C1CCCCC1.C1CCCCC1.CCOCC(O)CC.CCOCC(O)CC.CCOCC(O)CC.CCOCC(O)CNCCN(CCNCC(O)COCC)CC(O)COCC. The van der Waals surface area contributed by atoms with Gasteiger partial charge in [0.1, 0.15) is 0 Å². The number of ether oxygens (including phenoxy) is 6. The molecule has 3 fully saturated rings. The summed E-state index contributed by atoms with van der Waals surface area (Å²) in [6.07, 6.45) is 26.9. The monoisotopic (exact) mass is 1020 g/mol. The summed E-state index contributed by atoms with van der Waals surface area (Å²) in [5, 5.41) is 62.7. The van der Waals surface area contributed by atoms with Crippen LogP contribution in [-0.2, 0) is 28.4 Å². The van der Waals surface area contributed by atoms with E-state index in [1.807, 2.05) is 62.3 Å². The second-order valence-electron chi connectivity index (χ2n) is 18.2. The van der Waals surface area contributed by atoms with E-state index < -0.39 is 18.3 Å². The minimum absolute atomic E-state index is 0.269. The Bertz CT molecular complexity index is 776. The van der Waals surface area contributed by atoms with Crippen molar-refractivity contribution >= 4 is 0 Å². The Hall–Kier alpha value is -0.600. The minimum Gasteiger partial charge on any atom is -0.391 e. The van der Waals surface area contributed by atoms with Crippen molar-refractivity contribution in [2.75, 3.05) is 125 Å². The van der Waals surface area contributed by atoms with Gasteiger partial charge in [-0.1, -0.05) is 136 Å². The van der Waals surface area contributed by atoms with Crippen molar-refractivity contribution in [1.29, 1.82) is 0 Å². The van der Waals surface area contributed by atoms with Gasteiger partial charge in [-0.05, 0) is 60.8 Å². The van der Waals surface area contributed by atoms with Gasteiger partial charge >= 0.3 is 0 Å². The first kappa shape index (κ1) is 75.9. The number of aliphatic hydroxyl groups is 6. The molecular formula is C55H121N3O12. The molecule has 3 rings (SSSR count). The summed E-state index contributed by atoms with van der Waals surface area (Å²) in [5.41, 5.74) is 0. The molecule has 15 heteroatoms. The van der Waals surface area contributed by atoms with Crippen LogP contribution in [0.3, 0.4) is 0 Å². The van der Waals surface area contributed by atoms with Gasteiger partial charge in [0.05, 0.1) is 76.3 Å². The second-order valence-corrected chi connectivity index (χ2v) is 18.2. The van der Waals surface area contributed by atoms with E-state index in [1.165, 1.54) is 116 Å². The van der Waals surface area contributed by atoms with Crippen LogP contribution in [-0.4, -0.2) is 197 Å². The summed E-state index contributed by atoms with van der Waals surface area (Å²) >= 11 is 0. The predicted molar refractivity (Wildman–Crippen MR) is 291 cm³/mol. The Balaban J connectivity index is -0.000000417. The highest BCUT2D eigenvalue weighted by atomic mass is 16.5. The minimum atomic E-state index is -0.549. The topological polar surface area (TPSA) is 204 Å². The maximum absolute atomic E-state index is 10.1. The molecule has 8 N–H and O–H groups in total. The molecule has 6 atom stereocenters. The first-order chi connectivity index (χ1) is 34.0. The number of nitrogens with zero attached hydrogens (tertiary/aromatic N) is 1. The fraction of sp³-hybridized carbons (Fsp3) is 1.00. The van der Waals surface area contributed by atoms with Gasteiger partial charge in [-0.2, -0.15) is 0 Å². The van der Waals surface area contributed by atoms with E-state index in [0.29, 0.717) is 112 Å². The van der Waals surface area contributed by atoms with Crippen LogP contribution in [0.4, 0.5) is 0 Å². The van der Waals surface area contributed by atoms with E-state index in [2.05, 4.69) is 15.5 Å². The summed E-state index contributed by atoms with van der Waals surface area (Å²) in [6.45, 7) is 27.8.